The Bertz CT molecular complexity index is 341. The standard InChI is InChI=1S/C13H18O3/c1-9(2)7-10-3-5-11(6-4-10)12(14)8-13(15)16/h3-6,9,12,14H,7-8H2,1-2H3,(H,15,16). The fourth-order valence-electron chi connectivity index (χ4n) is 1.63. The van der Waals surface area contributed by atoms with E-state index < -0.39 is 12.1 Å². The zero-order valence-corrected chi connectivity index (χ0v) is 9.68. The van der Waals surface area contributed by atoms with Gasteiger partial charge >= 0.3 is 5.97 Å². The molecule has 0 spiro atoms. The molecular formula is C13H18O3. The van der Waals surface area contributed by atoms with E-state index in [0.717, 1.165) is 6.42 Å². The normalized spacial score (nSPS) is 12.8. The van der Waals surface area contributed by atoms with Crippen LogP contribution in [0.15, 0.2) is 24.3 Å². The zero-order chi connectivity index (χ0) is 12.1. The van der Waals surface area contributed by atoms with Crippen molar-refractivity contribution in [2.75, 3.05) is 0 Å². The van der Waals surface area contributed by atoms with Crippen LogP contribution in [0.3, 0.4) is 0 Å². The fraction of sp³-hybridized carbons (Fsp3) is 0.462. The van der Waals surface area contributed by atoms with Gasteiger partial charge in [0.25, 0.3) is 0 Å². The monoisotopic (exact) mass is 222 g/mol. The highest BCUT2D eigenvalue weighted by Gasteiger charge is 2.11. The summed E-state index contributed by atoms with van der Waals surface area (Å²) < 4.78 is 0. The minimum Gasteiger partial charge on any atom is -0.481 e. The summed E-state index contributed by atoms with van der Waals surface area (Å²) in [5.41, 5.74) is 1.87. The Labute approximate surface area is 95.7 Å². The molecule has 0 saturated heterocycles. The van der Waals surface area contributed by atoms with Crippen molar-refractivity contribution in [1.82, 2.24) is 0 Å². The minimum atomic E-state index is -0.987. The molecule has 0 amide bonds. The summed E-state index contributed by atoms with van der Waals surface area (Å²) in [5.74, 6) is -0.395. The van der Waals surface area contributed by atoms with E-state index in [2.05, 4.69) is 13.8 Å². The molecular weight excluding hydrogens is 204 g/mol. The molecule has 0 aliphatic rings. The SMILES string of the molecule is CC(C)Cc1ccc(C(O)CC(=O)O)cc1. The molecule has 0 fully saturated rings. The van der Waals surface area contributed by atoms with Crippen LogP contribution in [0.2, 0.25) is 0 Å². The van der Waals surface area contributed by atoms with Crippen LogP contribution in [-0.4, -0.2) is 16.2 Å². The smallest absolute Gasteiger partial charge is 0.306 e. The lowest BCUT2D eigenvalue weighted by atomic mass is 9.99. The summed E-state index contributed by atoms with van der Waals surface area (Å²) in [6.07, 6.45) is -0.163. The second-order valence-corrected chi connectivity index (χ2v) is 4.45. The van der Waals surface area contributed by atoms with E-state index in [4.69, 9.17) is 5.11 Å². The van der Waals surface area contributed by atoms with Crippen LogP contribution in [0.4, 0.5) is 0 Å². The lowest BCUT2D eigenvalue weighted by Gasteiger charge is -2.10. The molecule has 0 radical (unpaired) electrons. The fourth-order valence-corrected chi connectivity index (χ4v) is 1.63. The Morgan fingerprint density at radius 1 is 1.25 bits per heavy atom. The number of rotatable bonds is 5. The summed E-state index contributed by atoms with van der Waals surface area (Å²) in [7, 11) is 0. The van der Waals surface area contributed by atoms with Crippen molar-refractivity contribution < 1.29 is 15.0 Å². The van der Waals surface area contributed by atoms with Crippen molar-refractivity contribution in [3.05, 3.63) is 35.4 Å². The van der Waals surface area contributed by atoms with Gasteiger partial charge in [0.1, 0.15) is 0 Å². The van der Waals surface area contributed by atoms with Crippen LogP contribution < -0.4 is 0 Å². The molecule has 16 heavy (non-hydrogen) atoms. The maximum atomic E-state index is 10.4. The average molecular weight is 222 g/mol. The van der Waals surface area contributed by atoms with Crippen molar-refractivity contribution in [3.63, 3.8) is 0 Å². The van der Waals surface area contributed by atoms with E-state index in [1.54, 1.807) is 12.1 Å². The van der Waals surface area contributed by atoms with E-state index in [1.165, 1.54) is 5.56 Å². The largest absolute Gasteiger partial charge is 0.481 e. The number of aliphatic hydroxyl groups excluding tert-OH is 1. The van der Waals surface area contributed by atoms with Crippen LogP contribution in [0.5, 0.6) is 0 Å². The highest BCUT2D eigenvalue weighted by molar-refractivity contribution is 5.67. The predicted molar refractivity (Wildman–Crippen MR) is 62.2 cm³/mol. The summed E-state index contributed by atoms with van der Waals surface area (Å²) in [4.78, 5) is 10.4. The highest BCUT2D eigenvalue weighted by Crippen LogP contribution is 2.18. The van der Waals surface area contributed by atoms with Crippen molar-refractivity contribution in [2.24, 2.45) is 5.92 Å². The first-order valence-electron chi connectivity index (χ1n) is 5.47. The molecule has 0 bridgehead atoms. The predicted octanol–water partition coefficient (Wildman–Crippen LogP) is 2.39. The number of aliphatic carboxylic acids is 1. The van der Waals surface area contributed by atoms with Crippen LogP contribution in [-0.2, 0) is 11.2 Å². The van der Waals surface area contributed by atoms with Gasteiger partial charge in [-0.15, -0.1) is 0 Å². The third-order valence-corrected chi connectivity index (χ3v) is 2.38. The highest BCUT2D eigenvalue weighted by atomic mass is 16.4. The van der Waals surface area contributed by atoms with Gasteiger partial charge in [0, 0.05) is 0 Å². The molecule has 1 aromatic rings. The van der Waals surface area contributed by atoms with Gasteiger partial charge in [-0.2, -0.15) is 0 Å². The molecule has 1 aromatic carbocycles. The number of carboxylic acid groups (broad SMARTS) is 1. The van der Waals surface area contributed by atoms with Crippen molar-refractivity contribution in [2.45, 2.75) is 32.8 Å². The van der Waals surface area contributed by atoms with Gasteiger partial charge in [0.2, 0.25) is 0 Å². The Kier molecular flexibility index (Phi) is 4.50. The van der Waals surface area contributed by atoms with Crippen LogP contribution in [0.25, 0.3) is 0 Å². The Morgan fingerprint density at radius 3 is 2.25 bits per heavy atom. The average Bonchev–Trinajstić information content (AvgIpc) is 2.16. The molecule has 3 heteroatoms. The maximum Gasteiger partial charge on any atom is 0.306 e. The van der Waals surface area contributed by atoms with E-state index >= 15 is 0 Å². The first-order chi connectivity index (χ1) is 7.49. The number of hydrogen-bond donors (Lipinski definition) is 2. The van der Waals surface area contributed by atoms with E-state index in [1.807, 2.05) is 12.1 Å². The number of carbonyl (C=O) groups is 1. The molecule has 3 nitrogen and oxygen atoms in total. The first-order valence-corrected chi connectivity index (χ1v) is 5.47. The lowest BCUT2D eigenvalue weighted by molar-refractivity contribution is -0.139. The maximum absolute atomic E-state index is 10.4. The quantitative estimate of drug-likeness (QED) is 0.804. The molecule has 0 aliphatic carbocycles. The minimum absolute atomic E-state index is 0.247. The number of hydrogen-bond acceptors (Lipinski definition) is 2. The second-order valence-electron chi connectivity index (χ2n) is 4.45. The van der Waals surface area contributed by atoms with E-state index in [-0.39, 0.29) is 6.42 Å². The number of carboxylic acids is 1. The van der Waals surface area contributed by atoms with Gasteiger partial charge in [-0.05, 0) is 23.5 Å². The third-order valence-electron chi connectivity index (χ3n) is 2.38. The molecule has 88 valence electrons. The lowest BCUT2D eigenvalue weighted by Crippen LogP contribution is -2.05. The van der Waals surface area contributed by atoms with Crippen molar-refractivity contribution in [3.8, 4) is 0 Å². The van der Waals surface area contributed by atoms with Gasteiger partial charge < -0.3 is 10.2 Å². The van der Waals surface area contributed by atoms with Gasteiger partial charge in [-0.25, -0.2) is 0 Å². The summed E-state index contributed by atoms with van der Waals surface area (Å²) >= 11 is 0. The number of benzene rings is 1. The van der Waals surface area contributed by atoms with Gasteiger partial charge in [0.15, 0.2) is 0 Å². The first kappa shape index (κ1) is 12.7. The third kappa shape index (κ3) is 4.03. The Hall–Kier alpha value is -1.35. The van der Waals surface area contributed by atoms with Crippen molar-refractivity contribution in [1.29, 1.82) is 0 Å². The molecule has 0 aromatic heterocycles. The molecule has 1 rings (SSSR count). The van der Waals surface area contributed by atoms with E-state index in [0.29, 0.717) is 11.5 Å². The van der Waals surface area contributed by atoms with E-state index in [9.17, 15) is 9.90 Å². The summed E-state index contributed by atoms with van der Waals surface area (Å²) in [5, 5.41) is 18.1. The van der Waals surface area contributed by atoms with Crippen molar-refractivity contribution >= 4 is 5.97 Å². The Balaban J connectivity index is 2.66. The van der Waals surface area contributed by atoms with Gasteiger partial charge in [-0.3, -0.25) is 4.79 Å². The molecule has 0 heterocycles. The summed E-state index contributed by atoms with van der Waals surface area (Å²) in [6, 6.07) is 7.48. The second kappa shape index (κ2) is 5.66. The molecule has 1 unspecified atom stereocenters. The van der Waals surface area contributed by atoms with Gasteiger partial charge in [0.05, 0.1) is 12.5 Å². The molecule has 0 aliphatic heterocycles. The van der Waals surface area contributed by atoms with Gasteiger partial charge in [-0.1, -0.05) is 38.1 Å². The molecule has 1 atom stereocenters. The van der Waals surface area contributed by atoms with Crippen LogP contribution in [0.1, 0.15) is 37.5 Å². The molecule has 2 N–H and O–H groups in total. The summed E-state index contributed by atoms with van der Waals surface area (Å²) in [6.45, 7) is 4.29. The number of aliphatic hydroxyl groups is 1. The topological polar surface area (TPSA) is 57.5 Å². The molecule has 0 saturated carbocycles. The van der Waals surface area contributed by atoms with Crippen LogP contribution in [0, 0.1) is 5.92 Å². The van der Waals surface area contributed by atoms with Crippen LogP contribution >= 0.6 is 0 Å². The Morgan fingerprint density at radius 2 is 1.81 bits per heavy atom. The zero-order valence-electron chi connectivity index (χ0n) is 9.68.